The number of carbonyl (C=O) groups is 1. The lowest BCUT2D eigenvalue weighted by Gasteiger charge is -2.08. The number of benzene rings is 1. The van der Waals surface area contributed by atoms with Crippen molar-refractivity contribution in [3.63, 3.8) is 0 Å². The van der Waals surface area contributed by atoms with Gasteiger partial charge in [0.1, 0.15) is 11.3 Å². The number of pyridine rings is 1. The molecule has 106 valence electrons. The fourth-order valence-corrected chi connectivity index (χ4v) is 2.29. The summed E-state index contributed by atoms with van der Waals surface area (Å²) in [4.78, 5) is 20.5. The van der Waals surface area contributed by atoms with Crippen molar-refractivity contribution in [2.75, 3.05) is 7.11 Å². The van der Waals surface area contributed by atoms with Crippen LogP contribution in [-0.2, 0) is 6.54 Å². The van der Waals surface area contributed by atoms with Crippen LogP contribution in [0.5, 0.6) is 5.75 Å². The van der Waals surface area contributed by atoms with Crippen molar-refractivity contribution in [1.29, 1.82) is 0 Å². The first-order chi connectivity index (χ1) is 10.2. The third kappa shape index (κ3) is 2.50. The summed E-state index contributed by atoms with van der Waals surface area (Å²) in [5.41, 5.74) is 2.51. The van der Waals surface area contributed by atoms with Crippen LogP contribution in [-0.4, -0.2) is 27.4 Å². The molecule has 0 N–H and O–H groups in total. The topological polar surface area (TPSA) is 57.0 Å². The van der Waals surface area contributed by atoms with Gasteiger partial charge in [-0.15, -0.1) is 0 Å². The lowest BCUT2D eigenvalue weighted by molar-refractivity contribution is 0.100. The van der Waals surface area contributed by atoms with Crippen LogP contribution >= 0.6 is 0 Å². The Bertz CT molecular complexity index is 791. The molecule has 5 heteroatoms. The molecule has 0 atom stereocenters. The van der Waals surface area contributed by atoms with Crippen LogP contribution in [0.25, 0.3) is 11.2 Å². The molecule has 21 heavy (non-hydrogen) atoms. The van der Waals surface area contributed by atoms with Crippen molar-refractivity contribution >= 4 is 16.9 Å². The largest absolute Gasteiger partial charge is 0.497 e. The Kier molecular flexibility index (Phi) is 3.39. The van der Waals surface area contributed by atoms with Gasteiger partial charge >= 0.3 is 0 Å². The van der Waals surface area contributed by atoms with Crippen LogP contribution in [0.3, 0.4) is 0 Å². The summed E-state index contributed by atoms with van der Waals surface area (Å²) >= 11 is 0. The molecule has 0 saturated carbocycles. The molecular weight excluding hydrogens is 266 g/mol. The van der Waals surface area contributed by atoms with Crippen LogP contribution in [0, 0.1) is 0 Å². The van der Waals surface area contributed by atoms with Crippen molar-refractivity contribution in [2.45, 2.75) is 13.5 Å². The maximum Gasteiger partial charge on any atom is 0.195 e. The molecule has 5 nitrogen and oxygen atoms in total. The summed E-state index contributed by atoms with van der Waals surface area (Å²) in [6, 6.07) is 11.4. The Hall–Kier alpha value is -2.69. The maximum atomic E-state index is 11.8. The van der Waals surface area contributed by atoms with Crippen LogP contribution in [0.1, 0.15) is 23.1 Å². The molecule has 0 saturated heterocycles. The number of Topliss-reactive ketones (excluding diaryl/α,β-unsaturated/α-hetero) is 1. The Morgan fingerprint density at radius 1 is 1.24 bits per heavy atom. The van der Waals surface area contributed by atoms with E-state index >= 15 is 0 Å². The monoisotopic (exact) mass is 281 g/mol. The summed E-state index contributed by atoms with van der Waals surface area (Å²) < 4.78 is 7.00. The van der Waals surface area contributed by atoms with Crippen LogP contribution in [0.4, 0.5) is 0 Å². The van der Waals surface area contributed by atoms with Gasteiger partial charge in [0, 0.05) is 13.1 Å². The van der Waals surface area contributed by atoms with Gasteiger partial charge in [-0.1, -0.05) is 12.1 Å². The van der Waals surface area contributed by atoms with Gasteiger partial charge in [0.2, 0.25) is 0 Å². The molecule has 0 aliphatic carbocycles. The molecule has 0 unspecified atom stereocenters. The molecule has 0 fully saturated rings. The molecule has 0 aliphatic heterocycles. The van der Waals surface area contributed by atoms with E-state index in [-0.39, 0.29) is 5.78 Å². The van der Waals surface area contributed by atoms with E-state index in [0.717, 1.165) is 22.5 Å². The van der Waals surface area contributed by atoms with Gasteiger partial charge in [-0.2, -0.15) is 0 Å². The molecule has 3 rings (SSSR count). The number of hydrogen-bond acceptors (Lipinski definition) is 4. The molecule has 1 aromatic carbocycles. The highest BCUT2D eigenvalue weighted by Gasteiger charge is 2.15. The van der Waals surface area contributed by atoms with Gasteiger partial charge in [0.15, 0.2) is 17.3 Å². The summed E-state index contributed by atoms with van der Waals surface area (Å²) in [5.74, 6) is 1.17. The average molecular weight is 281 g/mol. The average Bonchev–Trinajstić information content (AvgIpc) is 2.87. The molecule has 0 bridgehead atoms. The lowest BCUT2D eigenvalue weighted by atomic mass is 10.2. The fraction of sp³-hybridized carbons (Fsp3) is 0.188. The molecule has 2 heterocycles. The second kappa shape index (κ2) is 5.36. The number of ether oxygens (including phenoxy) is 1. The molecule has 0 aliphatic rings. The highest BCUT2D eigenvalue weighted by molar-refractivity contribution is 5.94. The van der Waals surface area contributed by atoms with E-state index in [0.29, 0.717) is 12.4 Å². The second-order valence-electron chi connectivity index (χ2n) is 4.77. The number of ketones is 1. The minimum atomic E-state index is -0.0680. The number of hydrogen-bond donors (Lipinski definition) is 0. The fourth-order valence-electron chi connectivity index (χ4n) is 2.29. The number of fused-ring (bicyclic) bond motifs is 1. The number of carbonyl (C=O) groups excluding carboxylic acids is 1. The molecule has 3 aromatic rings. The highest BCUT2D eigenvalue weighted by Crippen LogP contribution is 2.18. The van der Waals surface area contributed by atoms with Gasteiger partial charge in [-0.05, 0) is 29.8 Å². The normalized spacial score (nSPS) is 10.8. The van der Waals surface area contributed by atoms with Gasteiger partial charge in [-0.25, -0.2) is 9.97 Å². The minimum Gasteiger partial charge on any atom is -0.497 e. The standard InChI is InChI=1S/C16H15N3O2/c1-11(20)15-18-14-4-3-9-17-16(14)19(15)10-12-5-7-13(21-2)8-6-12/h3-9H,10H2,1-2H3. The quantitative estimate of drug-likeness (QED) is 0.690. The van der Waals surface area contributed by atoms with Gasteiger partial charge < -0.3 is 9.30 Å². The number of aromatic nitrogens is 3. The Labute approximate surface area is 122 Å². The van der Waals surface area contributed by atoms with E-state index in [4.69, 9.17) is 4.74 Å². The van der Waals surface area contributed by atoms with E-state index in [9.17, 15) is 4.79 Å². The van der Waals surface area contributed by atoms with Gasteiger partial charge in [-0.3, -0.25) is 4.79 Å². The zero-order valence-corrected chi connectivity index (χ0v) is 11.9. The first-order valence-corrected chi connectivity index (χ1v) is 6.64. The van der Waals surface area contributed by atoms with E-state index in [1.165, 1.54) is 6.92 Å². The predicted molar refractivity (Wildman–Crippen MR) is 79.6 cm³/mol. The zero-order chi connectivity index (χ0) is 14.8. The van der Waals surface area contributed by atoms with Gasteiger partial charge in [0.25, 0.3) is 0 Å². The van der Waals surface area contributed by atoms with Crippen molar-refractivity contribution < 1.29 is 9.53 Å². The third-order valence-corrected chi connectivity index (χ3v) is 3.32. The summed E-state index contributed by atoms with van der Waals surface area (Å²) in [6.45, 7) is 2.07. The number of methoxy groups -OCH3 is 1. The van der Waals surface area contributed by atoms with E-state index in [1.54, 1.807) is 13.3 Å². The molecule has 0 radical (unpaired) electrons. The Balaban J connectivity index is 2.05. The first kappa shape index (κ1) is 13.3. The SMILES string of the molecule is COc1ccc(Cn2c(C(C)=O)nc3cccnc32)cc1. The Morgan fingerprint density at radius 3 is 2.67 bits per heavy atom. The predicted octanol–water partition coefficient (Wildman–Crippen LogP) is 2.69. The molecule has 0 amide bonds. The molecule has 2 aromatic heterocycles. The van der Waals surface area contributed by atoms with Crippen molar-refractivity contribution in [1.82, 2.24) is 14.5 Å². The molecular formula is C16H15N3O2. The van der Waals surface area contributed by atoms with Crippen molar-refractivity contribution in [3.05, 3.63) is 54.0 Å². The first-order valence-electron chi connectivity index (χ1n) is 6.64. The van der Waals surface area contributed by atoms with Gasteiger partial charge in [0.05, 0.1) is 13.7 Å². The number of rotatable bonds is 4. The van der Waals surface area contributed by atoms with E-state index in [2.05, 4.69) is 9.97 Å². The lowest BCUT2D eigenvalue weighted by Crippen LogP contribution is -2.09. The number of nitrogens with zero attached hydrogens (tertiary/aromatic N) is 3. The summed E-state index contributed by atoms with van der Waals surface area (Å²) in [5, 5.41) is 0. The third-order valence-electron chi connectivity index (χ3n) is 3.32. The van der Waals surface area contributed by atoms with Crippen LogP contribution in [0.2, 0.25) is 0 Å². The van der Waals surface area contributed by atoms with E-state index < -0.39 is 0 Å². The summed E-state index contributed by atoms with van der Waals surface area (Å²) in [7, 11) is 1.64. The second-order valence-corrected chi connectivity index (χ2v) is 4.77. The van der Waals surface area contributed by atoms with Crippen LogP contribution < -0.4 is 4.74 Å². The van der Waals surface area contributed by atoms with Crippen LogP contribution in [0.15, 0.2) is 42.6 Å². The summed E-state index contributed by atoms with van der Waals surface area (Å²) in [6.07, 6.45) is 1.71. The van der Waals surface area contributed by atoms with E-state index in [1.807, 2.05) is 41.0 Å². The highest BCUT2D eigenvalue weighted by atomic mass is 16.5. The number of imidazole rings is 1. The zero-order valence-electron chi connectivity index (χ0n) is 11.9. The maximum absolute atomic E-state index is 11.8. The molecule has 0 spiro atoms. The Morgan fingerprint density at radius 2 is 2.00 bits per heavy atom. The van der Waals surface area contributed by atoms with Crippen molar-refractivity contribution in [2.24, 2.45) is 0 Å². The minimum absolute atomic E-state index is 0.0680. The smallest absolute Gasteiger partial charge is 0.195 e. The van der Waals surface area contributed by atoms with Crippen molar-refractivity contribution in [3.8, 4) is 5.75 Å².